The lowest BCUT2D eigenvalue weighted by Gasteiger charge is -2.13. The Morgan fingerprint density at radius 1 is 1.11 bits per heavy atom. The van der Waals surface area contributed by atoms with E-state index >= 15 is 0 Å². The zero-order valence-electron chi connectivity index (χ0n) is 15.8. The van der Waals surface area contributed by atoms with Gasteiger partial charge >= 0.3 is 5.97 Å². The molecule has 7 nitrogen and oxygen atoms in total. The second-order valence-electron chi connectivity index (χ2n) is 5.88. The fraction of sp³-hybridized carbons (Fsp3) is 0.190. The summed E-state index contributed by atoms with van der Waals surface area (Å²) in [5.41, 5.74) is 2.46. The third-order valence-electron chi connectivity index (χ3n) is 4.23. The summed E-state index contributed by atoms with van der Waals surface area (Å²) < 4.78 is 17.6. The van der Waals surface area contributed by atoms with Crippen molar-refractivity contribution in [3.8, 4) is 23.3 Å². The van der Waals surface area contributed by atoms with E-state index in [1.165, 1.54) is 14.2 Å². The Morgan fingerprint density at radius 3 is 2.50 bits per heavy atom. The SMILES string of the molecule is COc1cccc(C(=O)OCc2c(C#N)c(C)nn2-c2ccccc2)c1OC. The molecule has 0 unspecified atom stereocenters. The smallest absolute Gasteiger partial charge is 0.342 e. The highest BCUT2D eigenvalue weighted by atomic mass is 16.5. The molecule has 0 saturated carbocycles. The minimum Gasteiger partial charge on any atom is -0.493 e. The molecule has 0 aliphatic heterocycles. The predicted octanol–water partition coefficient (Wildman–Crippen LogP) is 3.43. The zero-order valence-corrected chi connectivity index (χ0v) is 15.8. The Morgan fingerprint density at radius 2 is 1.86 bits per heavy atom. The van der Waals surface area contributed by atoms with Crippen molar-refractivity contribution in [1.29, 1.82) is 5.26 Å². The van der Waals surface area contributed by atoms with Gasteiger partial charge in [-0.05, 0) is 31.2 Å². The Kier molecular flexibility index (Phi) is 5.61. The maximum Gasteiger partial charge on any atom is 0.342 e. The Labute approximate surface area is 162 Å². The van der Waals surface area contributed by atoms with Crippen molar-refractivity contribution < 1.29 is 19.0 Å². The van der Waals surface area contributed by atoms with E-state index in [2.05, 4.69) is 11.2 Å². The highest BCUT2D eigenvalue weighted by Gasteiger charge is 2.21. The summed E-state index contributed by atoms with van der Waals surface area (Å²) in [4.78, 5) is 12.6. The fourth-order valence-corrected chi connectivity index (χ4v) is 2.90. The number of carbonyl (C=O) groups excluding carboxylic acids is 1. The Hall–Kier alpha value is -3.79. The molecule has 0 spiro atoms. The summed E-state index contributed by atoms with van der Waals surface area (Å²) >= 11 is 0. The van der Waals surface area contributed by atoms with E-state index in [9.17, 15) is 10.1 Å². The monoisotopic (exact) mass is 377 g/mol. The van der Waals surface area contributed by atoms with Crippen LogP contribution in [0, 0.1) is 18.3 Å². The standard InChI is InChI=1S/C21H19N3O4/c1-14-17(12-22)18(24(23-14)15-8-5-4-6-9-15)13-28-21(25)16-10-7-11-19(26-2)20(16)27-3/h4-11H,13H2,1-3H3. The van der Waals surface area contributed by atoms with Gasteiger partial charge in [0.25, 0.3) is 0 Å². The van der Waals surface area contributed by atoms with Crippen LogP contribution in [0.4, 0.5) is 0 Å². The van der Waals surface area contributed by atoms with E-state index in [1.807, 2.05) is 30.3 Å². The lowest BCUT2D eigenvalue weighted by atomic mass is 10.2. The van der Waals surface area contributed by atoms with Gasteiger partial charge in [0.1, 0.15) is 23.8 Å². The van der Waals surface area contributed by atoms with Gasteiger partial charge in [0.2, 0.25) is 0 Å². The summed E-state index contributed by atoms with van der Waals surface area (Å²) in [7, 11) is 2.95. The number of carbonyl (C=O) groups is 1. The molecule has 0 fully saturated rings. The predicted molar refractivity (Wildman–Crippen MR) is 102 cm³/mol. The van der Waals surface area contributed by atoms with E-state index in [0.717, 1.165) is 5.69 Å². The molecule has 3 aromatic rings. The molecule has 3 rings (SSSR count). The van der Waals surface area contributed by atoms with Crippen LogP contribution in [0.1, 0.15) is 27.3 Å². The molecule has 0 atom stereocenters. The van der Waals surface area contributed by atoms with Crippen LogP contribution in [0.3, 0.4) is 0 Å². The third kappa shape index (κ3) is 3.53. The van der Waals surface area contributed by atoms with Crippen molar-refractivity contribution in [3.05, 3.63) is 71.0 Å². The summed E-state index contributed by atoms with van der Waals surface area (Å²) in [6.07, 6.45) is 0. The third-order valence-corrected chi connectivity index (χ3v) is 4.23. The van der Waals surface area contributed by atoms with Gasteiger partial charge in [0.05, 0.1) is 31.3 Å². The number of nitriles is 1. The molecule has 0 bridgehead atoms. The molecule has 0 aliphatic carbocycles. The molecule has 1 heterocycles. The second kappa shape index (κ2) is 8.27. The lowest BCUT2D eigenvalue weighted by Crippen LogP contribution is -2.11. The average molecular weight is 377 g/mol. The van der Waals surface area contributed by atoms with Crippen LogP contribution in [0.2, 0.25) is 0 Å². The van der Waals surface area contributed by atoms with Crippen molar-refractivity contribution in [3.63, 3.8) is 0 Å². The van der Waals surface area contributed by atoms with Gasteiger partial charge in [0.15, 0.2) is 11.5 Å². The molecule has 142 valence electrons. The highest BCUT2D eigenvalue weighted by molar-refractivity contribution is 5.93. The number of para-hydroxylation sites is 2. The van der Waals surface area contributed by atoms with Crippen molar-refractivity contribution in [2.75, 3.05) is 14.2 Å². The molecule has 0 aliphatic rings. The maximum absolute atomic E-state index is 12.6. The first-order valence-electron chi connectivity index (χ1n) is 8.52. The number of rotatable bonds is 6. The normalized spacial score (nSPS) is 10.2. The summed E-state index contributed by atoms with van der Waals surface area (Å²) in [5, 5.41) is 13.9. The van der Waals surface area contributed by atoms with E-state index in [-0.39, 0.29) is 12.2 Å². The van der Waals surface area contributed by atoms with Crippen molar-refractivity contribution >= 4 is 5.97 Å². The number of hydrogen-bond donors (Lipinski definition) is 0. The van der Waals surface area contributed by atoms with E-state index < -0.39 is 5.97 Å². The Bertz CT molecular complexity index is 1040. The number of methoxy groups -OCH3 is 2. The molecule has 0 amide bonds. The van der Waals surface area contributed by atoms with Crippen LogP contribution >= 0.6 is 0 Å². The van der Waals surface area contributed by atoms with Gasteiger partial charge in [-0.3, -0.25) is 0 Å². The molecular weight excluding hydrogens is 358 g/mol. The molecule has 1 aromatic heterocycles. The van der Waals surface area contributed by atoms with Gasteiger partial charge in [-0.15, -0.1) is 0 Å². The minimum atomic E-state index is -0.585. The molecule has 7 heteroatoms. The molecular formula is C21H19N3O4. The topological polar surface area (TPSA) is 86.4 Å². The first kappa shape index (κ1) is 19.0. The number of nitrogens with zero attached hydrogens (tertiary/aromatic N) is 3. The number of hydrogen-bond acceptors (Lipinski definition) is 6. The summed E-state index contributed by atoms with van der Waals surface area (Å²) in [6.45, 7) is 1.63. The average Bonchev–Trinajstić information content (AvgIpc) is 3.06. The summed E-state index contributed by atoms with van der Waals surface area (Å²) in [5.74, 6) is 0.140. The number of ether oxygens (including phenoxy) is 3. The number of benzene rings is 2. The maximum atomic E-state index is 12.6. The van der Waals surface area contributed by atoms with Crippen LogP contribution in [0.25, 0.3) is 5.69 Å². The largest absolute Gasteiger partial charge is 0.493 e. The molecule has 0 N–H and O–H groups in total. The van der Waals surface area contributed by atoms with Crippen LogP contribution in [-0.4, -0.2) is 30.0 Å². The van der Waals surface area contributed by atoms with Gasteiger partial charge in [-0.1, -0.05) is 24.3 Å². The van der Waals surface area contributed by atoms with Crippen molar-refractivity contribution in [1.82, 2.24) is 9.78 Å². The fourth-order valence-electron chi connectivity index (χ4n) is 2.90. The van der Waals surface area contributed by atoms with E-state index in [0.29, 0.717) is 28.5 Å². The van der Waals surface area contributed by atoms with Crippen LogP contribution in [0.5, 0.6) is 11.5 Å². The zero-order chi connectivity index (χ0) is 20.1. The van der Waals surface area contributed by atoms with E-state index in [4.69, 9.17) is 14.2 Å². The highest BCUT2D eigenvalue weighted by Crippen LogP contribution is 2.31. The van der Waals surface area contributed by atoms with Crippen molar-refractivity contribution in [2.24, 2.45) is 0 Å². The molecule has 2 aromatic carbocycles. The van der Waals surface area contributed by atoms with Gasteiger partial charge in [0, 0.05) is 0 Å². The summed E-state index contributed by atoms with van der Waals surface area (Å²) in [6, 6.07) is 16.5. The molecule has 0 saturated heterocycles. The van der Waals surface area contributed by atoms with Gasteiger partial charge < -0.3 is 14.2 Å². The first-order chi connectivity index (χ1) is 13.6. The second-order valence-corrected chi connectivity index (χ2v) is 5.88. The van der Waals surface area contributed by atoms with Crippen molar-refractivity contribution in [2.45, 2.75) is 13.5 Å². The first-order valence-corrected chi connectivity index (χ1v) is 8.52. The molecule has 28 heavy (non-hydrogen) atoms. The lowest BCUT2D eigenvalue weighted by molar-refractivity contribution is 0.0460. The van der Waals surface area contributed by atoms with Crippen LogP contribution in [-0.2, 0) is 11.3 Å². The number of esters is 1. The quantitative estimate of drug-likeness (QED) is 0.612. The molecule has 0 radical (unpaired) electrons. The van der Waals surface area contributed by atoms with Crippen LogP contribution < -0.4 is 9.47 Å². The van der Waals surface area contributed by atoms with Crippen LogP contribution in [0.15, 0.2) is 48.5 Å². The van der Waals surface area contributed by atoms with Gasteiger partial charge in [-0.25, -0.2) is 9.48 Å². The van der Waals surface area contributed by atoms with Gasteiger partial charge in [-0.2, -0.15) is 10.4 Å². The number of aromatic nitrogens is 2. The number of aryl methyl sites for hydroxylation is 1. The minimum absolute atomic E-state index is 0.113. The Balaban J connectivity index is 1.92. The van der Waals surface area contributed by atoms with E-state index in [1.54, 1.807) is 29.8 Å².